The highest BCUT2D eigenvalue weighted by Gasteiger charge is 2.10. The molecule has 0 saturated carbocycles. The summed E-state index contributed by atoms with van der Waals surface area (Å²) < 4.78 is 25.5. The molecule has 96 valence electrons. The molecule has 0 aliphatic heterocycles. The maximum Gasteiger partial charge on any atom is 0.211 e. The molecule has 1 aromatic rings. The molecule has 0 bridgehead atoms. The van der Waals surface area contributed by atoms with Crippen molar-refractivity contribution in [3.05, 3.63) is 23.8 Å². The molecule has 0 aromatic heterocycles. The molecule has 0 amide bonds. The number of nitrogen functional groups attached to an aromatic ring is 1. The molecule has 6 heteroatoms. The molecule has 0 aliphatic carbocycles. The van der Waals surface area contributed by atoms with Crippen LogP contribution in [0.4, 0.5) is 5.69 Å². The highest BCUT2D eigenvalue weighted by Crippen LogP contribution is 2.19. The van der Waals surface area contributed by atoms with Crippen LogP contribution in [0.25, 0.3) is 0 Å². The standard InChI is InChI=1S/C11H18N2O3S/c1-2-3-6-17(15,16)13-8-9-7-10(12)4-5-11(9)14/h4-5,7,13-14H,2-3,6,8,12H2,1H3. The number of nitrogens with one attached hydrogen (secondary N) is 1. The van der Waals surface area contributed by atoms with Crippen LogP contribution in [0.2, 0.25) is 0 Å². The van der Waals surface area contributed by atoms with E-state index in [-0.39, 0.29) is 18.0 Å². The Morgan fingerprint density at radius 3 is 2.76 bits per heavy atom. The van der Waals surface area contributed by atoms with Gasteiger partial charge in [-0.25, -0.2) is 13.1 Å². The molecule has 1 aromatic carbocycles. The third kappa shape index (κ3) is 4.62. The number of unbranched alkanes of at least 4 members (excludes halogenated alkanes) is 1. The van der Waals surface area contributed by atoms with Crippen molar-refractivity contribution in [1.29, 1.82) is 0 Å². The lowest BCUT2D eigenvalue weighted by Gasteiger charge is -2.08. The summed E-state index contributed by atoms with van der Waals surface area (Å²) in [7, 11) is -3.27. The first-order valence-electron chi connectivity index (χ1n) is 5.49. The molecule has 4 N–H and O–H groups in total. The van der Waals surface area contributed by atoms with Crippen molar-refractivity contribution >= 4 is 15.7 Å². The normalized spacial score (nSPS) is 11.6. The van der Waals surface area contributed by atoms with E-state index in [1.807, 2.05) is 6.92 Å². The van der Waals surface area contributed by atoms with E-state index in [2.05, 4.69) is 4.72 Å². The number of hydrogen-bond acceptors (Lipinski definition) is 4. The highest BCUT2D eigenvalue weighted by molar-refractivity contribution is 7.89. The van der Waals surface area contributed by atoms with Crippen LogP contribution in [-0.4, -0.2) is 19.3 Å². The highest BCUT2D eigenvalue weighted by atomic mass is 32.2. The number of nitrogens with two attached hydrogens (primary N) is 1. The Hall–Kier alpha value is -1.27. The first-order valence-corrected chi connectivity index (χ1v) is 7.14. The number of phenolic OH excluding ortho intramolecular Hbond substituents is 1. The second-order valence-corrected chi connectivity index (χ2v) is 5.81. The number of rotatable bonds is 6. The summed E-state index contributed by atoms with van der Waals surface area (Å²) in [5.41, 5.74) is 6.53. The van der Waals surface area contributed by atoms with E-state index in [0.717, 1.165) is 6.42 Å². The van der Waals surface area contributed by atoms with Crippen LogP contribution in [-0.2, 0) is 16.6 Å². The predicted octanol–water partition coefficient (Wildman–Crippen LogP) is 1.19. The monoisotopic (exact) mass is 258 g/mol. The van der Waals surface area contributed by atoms with Crippen LogP contribution in [0.3, 0.4) is 0 Å². The average molecular weight is 258 g/mol. The minimum atomic E-state index is -3.27. The van der Waals surface area contributed by atoms with Gasteiger partial charge in [-0.15, -0.1) is 0 Å². The molecule has 5 nitrogen and oxygen atoms in total. The number of hydrogen-bond donors (Lipinski definition) is 3. The zero-order valence-corrected chi connectivity index (χ0v) is 10.6. The lowest BCUT2D eigenvalue weighted by atomic mass is 10.2. The summed E-state index contributed by atoms with van der Waals surface area (Å²) >= 11 is 0. The van der Waals surface area contributed by atoms with E-state index in [1.165, 1.54) is 6.07 Å². The summed E-state index contributed by atoms with van der Waals surface area (Å²) in [6, 6.07) is 4.56. The van der Waals surface area contributed by atoms with Crippen LogP contribution in [0, 0.1) is 0 Å². The van der Waals surface area contributed by atoms with E-state index < -0.39 is 10.0 Å². The van der Waals surface area contributed by atoms with Gasteiger partial charge in [-0.05, 0) is 24.6 Å². The summed E-state index contributed by atoms with van der Waals surface area (Å²) in [6.07, 6.45) is 1.45. The Labute approximate surface area is 102 Å². The van der Waals surface area contributed by atoms with Gasteiger partial charge >= 0.3 is 0 Å². The molecule has 0 spiro atoms. The molecule has 0 saturated heterocycles. The van der Waals surface area contributed by atoms with Crippen LogP contribution in [0.5, 0.6) is 5.75 Å². The van der Waals surface area contributed by atoms with Crippen LogP contribution >= 0.6 is 0 Å². The van der Waals surface area contributed by atoms with Gasteiger partial charge < -0.3 is 10.8 Å². The van der Waals surface area contributed by atoms with Gasteiger partial charge in [0.05, 0.1) is 5.75 Å². The zero-order chi connectivity index (χ0) is 12.9. The van der Waals surface area contributed by atoms with Crippen molar-refractivity contribution in [1.82, 2.24) is 4.72 Å². The lowest BCUT2D eigenvalue weighted by molar-refractivity contribution is 0.467. The number of benzene rings is 1. The van der Waals surface area contributed by atoms with E-state index in [9.17, 15) is 13.5 Å². The Morgan fingerprint density at radius 1 is 1.41 bits per heavy atom. The predicted molar refractivity (Wildman–Crippen MR) is 68.1 cm³/mol. The summed E-state index contributed by atoms with van der Waals surface area (Å²) in [5.74, 6) is 0.143. The fraction of sp³-hybridized carbons (Fsp3) is 0.455. The second-order valence-electron chi connectivity index (χ2n) is 3.88. The molecule has 0 atom stereocenters. The maximum atomic E-state index is 11.5. The van der Waals surface area contributed by atoms with E-state index in [0.29, 0.717) is 17.7 Å². The Balaban J connectivity index is 2.64. The largest absolute Gasteiger partial charge is 0.508 e. The molecule has 0 aliphatic rings. The van der Waals surface area contributed by atoms with Crippen molar-refractivity contribution in [3.63, 3.8) is 0 Å². The van der Waals surface area contributed by atoms with E-state index >= 15 is 0 Å². The molecule has 0 radical (unpaired) electrons. The topological polar surface area (TPSA) is 92.4 Å². The first-order chi connectivity index (χ1) is 7.94. The van der Waals surface area contributed by atoms with Crippen LogP contribution < -0.4 is 10.5 Å². The molecule has 0 heterocycles. The zero-order valence-electron chi connectivity index (χ0n) is 9.81. The SMILES string of the molecule is CCCCS(=O)(=O)NCc1cc(N)ccc1O. The quantitative estimate of drug-likeness (QED) is 0.528. The Bertz CT molecular complexity index is 472. The van der Waals surface area contributed by atoms with Gasteiger partial charge in [-0.1, -0.05) is 13.3 Å². The summed E-state index contributed by atoms with van der Waals surface area (Å²) in [4.78, 5) is 0. The first kappa shape index (κ1) is 13.8. The second kappa shape index (κ2) is 5.88. The molecule has 17 heavy (non-hydrogen) atoms. The summed E-state index contributed by atoms with van der Waals surface area (Å²) in [5, 5.41) is 9.52. The molecule has 0 fully saturated rings. The Kier molecular flexibility index (Phi) is 4.77. The fourth-order valence-corrected chi connectivity index (χ4v) is 2.53. The molecular formula is C11H18N2O3S. The summed E-state index contributed by atoms with van der Waals surface area (Å²) in [6.45, 7) is 1.99. The third-order valence-electron chi connectivity index (χ3n) is 2.35. The van der Waals surface area contributed by atoms with Crippen molar-refractivity contribution < 1.29 is 13.5 Å². The minimum absolute atomic E-state index is 0.0393. The van der Waals surface area contributed by atoms with Crippen molar-refractivity contribution in [3.8, 4) is 5.75 Å². The maximum absolute atomic E-state index is 11.5. The van der Waals surface area contributed by atoms with Gasteiger partial charge in [0.2, 0.25) is 10.0 Å². The number of sulfonamides is 1. The third-order valence-corrected chi connectivity index (χ3v) is 3.76. The van der Waals surface area contributed by atoms with E-state index in [1.54, 1.807) is 12.1 Å². The van der Waals surface area contributed by atoms with Gasteiger partial charge in [0.25, 0.3) is 0 Å². The number of aromatic hydroxyl groups is 1. The van der Waals surface area contributed by atoms with Gasteiger partial charge in [0, 0.05) is 17.8 Å². The van der Waals surface area contributed by atoms with Crippen molar-refractivity contribution in [2.45, 2.75) is 26.3 Å². The minimum Gasteiger partial charge on any atom is -0.508 e. The van der Waals surface area contributed by atoms with Gasteiger partial charge in [0.15, 0.2) is 0 Å². The molecule has 0 unspecified atom stereocenters. The van der Waals surface area contributed by atoms with E-state index in [4.69, 9.17) is 5.73 Å². The number of phenols is 1. The lowest BCUT2D eigenvalue weighted by Crippen LogP contribution is -2.25. The smallest absolute Gasteiger partial charge is 0.211 e. The van der Waals surface area contributed by atoms with Crippen LogP contribution in [0.15, 0.2) is 18.2 Å². The van der Waals surface area contributed by atoms with Crippen LogP contribution in [0.1, 0.15) is 25.3 Å². The van der Waals surface area contributed by atoms with Crippen molar-refractivity contribution in [2.24, 2.45) is 0 Å². The molecule has 1 rings (SSSR count). The average Bonchev–Trinajstić information content (AvgIpc) is 2.28. The Morgan fingerprint density at radius 2 is 2.12 bits per heavy atom. The fourth-order valence-electron chi connectivity index (χ4n) is 1.34. The van der Waals surface area contributed by atoms with Gasteiger partial charge in [0.1, 0.15) is 5.75 Å². The van der Waals surface area contributed by atoms with Gasteiger partial charge in [-0.3, -0.25) is 0 Å². The molecular weight excluding hydrogens is 240 g/mol. The number of anilines is 1. The van der Waals surface area contributed by atoms with Gasteiger partial charge in [-0.2, -0.15) is 0 Å². The van der Waals surface area contributed by atoms with Crippen molar-refractivity contribution in [2.75, 3.05) is 11.5 Å².